The highest BCUT2D eigenvalue weighted by Gasteiger charge is 2.35. The molecule has 0 radical (unpaired) electrons. The van der Waals surface area contributed by atoms with Crippen LogP contribution in [0.3, 0.4) is 0 Å². The summed E-state index contributed by atoms with van der Waals surface area (Å²) in [7, 11) is 0. The number of hydrogen-bond acceptors (Lipinski definition) is 4. The number of aromatic nitrogens is 2. The second-order valence-electron chi connectivity index (χ2n) is 4.07. The smallest absolute Gasteiger partial charge is 0.189 e. The minimum absolute atomic E-state index is 0.0355. The summed E-state index contributed by atoms with van der Waals surface area (Å²) in [6, 6.07) is 0. The standard InChI is InChI=1S/C11H18N2O3/c1-3-11(16,10(15)6-14)4-8(2)9-5-12-7-13-9/h5,7-8,14,16H,3-4,6H2,1-2H3,(H,12,13)/t8?,11-/m0/s1. The summed E-state index contributed by atoms with van der Waals surface area (Å²) in [5.41, 5.74) is -0.648. The van der Waals surface area contributed by atoms with Crippen LogP contribution < -0.4 is 0 Å². The average Bonchev–Trinajstić information content (AvgIpc) is 2.81. The topological polar surface area (TPSA) is 86.2 Å². The van der Waals surface area contributed by atoms with E-state index in [4.69, 9.17) is 5.11 Å². The Bertz CT molecular complexity index is 337. The van der Waals surface area contributed by atoms with Gasteiger partial charge in [0.2, 0.25) is 0 Å². The lowest BCUT2D eigenvalue weighted by molar-refractivity contribution is -0.141. The first-order valence-electron chi connectivity index (χ1n) is 5.38. The number of ketones is 1. The minimum Gasteiger partial charge on any atom is -0.388 e. The molecule has 0 aliphatic carbocycles. The molecule has 0 aliphatic rings. The van der Waals surface area contributed by atoms with E-state index < -0.39 is 18.0 Å². The van der Waals surface area contributed by atoms with Crippen LogP contribution >= 0.6 is 0 Å². The Balaban J connectivity index is 2.73. The Kier molecular flexibility index (Phi) is 4.20. The molecular formula is C11H18N2O3. The van der Waals surface area contributed by atoms with E-state index in [1.165, 1.54) is 0 Å². The summed E-state index contributed by atoms with van der Waals surface area (Å²) in [6.45, 7) is 2.99. The van der Waals surface area contributed by atoms with Crippen LogP contribution in [0.1, 0.15) is 38.3 Å². The van der Waals surface area contributed by atoms with Crippen LogP contribution in [-0.2, 0) is 4.79 Å². The van der Waals surface area contributed by atoms with E-state index in [1.54, 1.807) is 19.4 Å². The van der Waals surface area contributed by atoms with Crippen LogP contribution in [0.5, 0.6) is 0 Å². The van der Waals surface area contributed by atoms with E-state index >= 15 is 0 Å². The number of rotatable bonds is 6. The molecular weight excluding hydrogens is 208 g/mol. The Hall–Kier alpha value is -1.20. The fourth-order valence-corrected chi connectivity index (χ4v) is 1.75. The quantitative estimate of drug-likeness (QED) is 0.663. The predicted octanol–water partition coefficient (Wildman–Crippen LogP) is 0.606. The number of carbonyl (C=O) groups excluding carboxylic acids is 1. The van der Waals surface area contributed by atoms with Gasteiger partial charge in [0, 0.05) is 12.1 Å². The molecule has 0 spiro atoms. The maximum absolute atomic E-state index is 11.4. The lowest BCUT2D eigenvalue weighted by atomic mass is 9.84. The lowest BCUT2D eigenvalue weighted by Crippen LogP contribution is -2.41. The summed E-state index contributed by atoms with van der Waals surface area (Å²) in [5, 5.41) is 18.9. The van der Waals surface area contributed by atoms with E-state index in [2.05, 4.69) is 9.97 Å². The molecule has 1 aromatic heterocycles. The molecule has 0 aromatic carbocycles. The van der Waals surface area contributed by atoms with Crippen LogP contribution in [0, 0.1) is 0 Å². The van der Waals surface area contributed by atoms with Gasteiger partial charge >= 0.3 is 0 Å². The Morgan fingerprint density at radius 1 is 1.69 bits per heavy atom. The molecule has 0 aliphatic heterocycles. The van der Waals surface area contributed by atoms with Crippen molar-refractivity contribution < 1.29 is 15.0 Å². The van der Waals surface area contributed by atoms with Crippen LogP contribution in [0.2, 0.25) is 0 Å². The predicted molar refractivity (Wildman–Crippen MR) is 59.0 cm³/mol. The molecule has 2 atom stereocenters. The highest BCUT2D eigenvalue weighted by molar-refractivity contribution is 5.87. The number of H-pyrrole nitrogens is 1. The van der Waals surface area contributed by atoms with Gasteiger partial charge in [-0.3, -0.25) is 4.79 Å². The molecule has 0 saturated carbocycles. The summed E-state index contributed by atoms with van der Waals surface area (Å²) in [5.74, 6) is -0.566. The van der Waals surface area contributed by atoms with E-state index in [9.17, 15) is 9.90 Å². The van der Waals surface area contributed by atoms with Gasteiger partial charge in [0.05, 0.1) is 12.0 Å². The van der Waals surface area contributed by atoms with Crippen LogP contribution in [0.4, 0.5) is 0 Å². The zero-order valence-corrected chi connectivity index (χ0v) is 9.60. The summed E-state index contributed by atoms with van der Waals surface area (Å²) < 4.78 is 0. The number of imidazole rings is 1. The number of nitrogens with one attached hydrogen (secondary N) is 1. The molecule has 0 amide bonds. The molecule has 0 saturated heterocycles. The highest BCUT2D eigenvalue weighted by atomic mass is 16.3. The SMILES string of the molecule is CC[C@](O)(CC(C)c1c[nH]cn1)C(=O)CO. The van der Waals surface area contributed by atoms with E-state index in [0.29, 0.717) is 6.42 Å². The maximum Gasteiger partial charge on any atom is 0.189 e. The van der Waals surface area contributed by atoms with Gasteiger partial charge in [-0.05, 0) is 12.8 Å². The van der Waals surface area contributed by atoms with Crippen molar-refractivity contribution in [2.24, 2.45) is 0 Å². The van der Waals surface area contributed by atoms with E-state index in [0.717, 1.165) is 5.69 Å². The number of hydrogen-bond donors (Lipinski definition) is 3. The maximum atomic E-state index is 11.4. The van der Waals surface area contributed by atoms with Gasteiger partial charge in [-0.1, -0.05) is 13.8 Å². The number of nitrogens with zero attached hydrogens (tertiary/aromatic N) is 1. The third kappa shape index (κ3) is 2.68. The van der Waals surface area contributed by atoms with Crippen molar-refractivity contribution in [2.45, 2.75) is 38.2 Å². The second kappa shape index (κ2) is 5.23. The number of aliphatic hydroxyl groups excluding tert-OH is 1. The van der Waals surface area contributed by atoms with Crippen molar-refractivity contribution in [3.63, 3.8) is 0 Å². The van der Waals surface area contributed by atoms with E-state index in [-0.39, 0.29) is 12.3 Å². The molecule has 5 heteroatoms. The lowest BCUT2D eigenvalue weighted by Gasteiger charge is -2.26. The molecule has 0 fully saturated rings. The van der Waals surface area contributed by atoms with Crippen LogP contribution in [-0.4, -0.2) is 38.2 Å². The van der Waals surface area contributed by atoms with Gasteiger partial charge in [0.1, 0.15) is 12.2 Å². The molecule has 90 valence electrons. The average molecular weight is 226 g/mol. The van der Waals surface area contributed by atoms with Gasteiger partial charge in [0.25, 0.3) is 0 Å². The fourth-order valence-electron chi connectivity index (χ4n) is 1.75. The van der Waals surface area contributed by atoms with Crippen LogP contribution in [0.15, 0.2) is 12.5 Å². The van der Waals surface area contributed by atoms with Crippen molar-refractivity contribution >= 4 is 5.78 Å². The first-order valence-corrected chi connectivity index (χ1v) is 5.38. The number of aromatic amines is 1. The zero-order chi connectivity index (χ0) is 12.2. The first-order chi connectivity index (χ1) is 7.53. The Morgan fingerprint density at radius 2 is 2.38 bits per heavy atom. The molecule has 1 unspecified atom stereocenters. The first kappa shape index (κ1) is 12.9. The fraction of sp³-hybridized carbons (Fsp3) is 0.636. The third-order valence-electron chi connectivity index (χ3n) is 2.92. The van der Waals surface area contributed by atoms with Gasteiger partial charge in [-0.2, -0.15) is 0 Å². The normalized spacial score (nSPS) is 16.8. The van der Waals surface area contributed by atoms with Crippen molar-refractivity contribution in [1.82, 2.24) is 9.97 Å². The molecule has 3 N–H and O–H groups in total. The molecule has 1 rings (SSSR count). The second-order valence-corrected chi connectivity index (χ2v) is 4.07. The van der Waals surface area contributed by atoms with Crippen molar-refractivity contribution in [3.8, 4) is 0 Å². The van der Waals surface area contributed by atoms with Gasteiger partial charge in [-0.25, -0.2) is 4.98 Å². The van der Waals surface area contributed by atoms with E-state index in [1.807, 2.05) is 6.92 Å². The number of Topliss-reactive ketones (excluding diaryl/α,β-unsaturated/α-hetero) is 1. The monoisotopic (exact) mass is 226 g/mol. The summed E-state index contributed by atoms with van der Waals surface area (Å²) in [4.78, 5) is 18.4. The minimum atomic E-state index is -1.45. The Labute approximate surface area is 94.5 Å². The number of carbonyl (C=O) groups is 1. The molecule has 0 bridgehead atoms. The molecule has 1 aromatic rings. The zero-order valence-electron chi connectivity index (χ0n) is 9.60. The summed E-state index contributed by atoms with van der Waals surface area (Å²) in [6.07, 6.45) is 3.86. The molecule has 5 nitrogen and oxygen atoms in total. The highest BCUT2D eigenvalue weighted by Crippen LogP contribution is 2.27. The largest absolute Gasteiger partial charge is 0.388 e. The van der Waals surface area contributed by atoms with Crippen LogP contribution in [0.25, 0.3) is 0 Å². The van der Waals surface area contributed by atoms with Gasteiger partial charge in [0.15, 0.2) is 5.78 Å². The Morgan fingerprint density at radius 3 is 2.81 bits per heavy atom. The molecule has 16 heavy (non-hydrogen) atoms. The van der Waals surface area contributed by atoms with Crippen molar-refractivity contribution in [3.05, 3.63) is 18.2 Å². The van der Waals surface area contributed by atoms with Crippen molar-refractivity contribution in [2.75, 3.05) is 6.61 Å². The summed E-state index contributed by atoms with van der Waals surface area (Å²) >= 11 is 0. The van der Waals surface area contributed by atoms with Crippen molar-refractivity contribution in [1.29, 1.82) is 0 Å². The third-order valence-corrected chi connectivity index (χ3v) is 2.92. The molecule has 1 heterocycles. The van der Waals surface area contributed by atoms with Gasteiger partial charge < -0.3 is 15.2 Å². The number of aliphatic hydroxyl groups is 2. The van der Waals surface area contributed by atoms with Gasteiger partial charge in [-0.15, -0.1) is 0 Å².